The molecule has 0 radical (unpaired) electrons. The van der Waals surface area contributed by atoms with E-state index in [1.54, 1.807) is 6.92 Å². The third-order valence-corrected chi connectivity index (χ3v) is 2.36. The van der Waals surface area contributed by atoms with E-state index in [0.717, 1.165) is 0 Å². The van der Waals surface area contributed by atoms with Gasteiger partial charge in [0.2, 0.25) is 0 Å². The van der Waals surface area contributed by atoms with Crippen molar-refractivity contribution >= 4 is 11.6 Å². The first-order chi connectivity index (χ1) is 8.13. The topological polar surface area (TPSA) is 97.6 Å². The Morgan fingerprint density at radius 1 is 1.59 bits per heavy atom. The van der Waals surface area contributed by atoms with Gasteiger partial charge in [0.1, 0.15) is 11.8 Å². The van der Waals surface area contributed by atoms with Crippen LogP contribution in [-0.2, 0) is 0 Å². The van der Waals surface area contributed by atoms with Crippen LogP contribution >= 0.6 is 0 Å². The average molecular weight is 227 g/mol. The fraction of sp³-hybridized carbons (Fsp3) is 0.0909. The van der Waals surface area contributed by atoms with Crippen molar-refractivity contribution in [3.8, 4) is 6.07 Å². The van der Waals surface area contributed by atoms with Crippen molar-refractivity contribution in [2.24, 2.45) is 0 Å². The Balaban J connectivity index is 2.44. The van der Waals surface area contributed by atoms with Crippen LogP contribution in [0.2, 0.25) is 0 Å². The van der Waals surface area contributed by atoms with Crippen LogP contribution in [0.15, 0.2) is 24.5 Å². The molecule has 0 aliphatic rings. The Morgan fingerprint density at radius 3 is 2.94 bits per heavy atom. The van der Waals surface area contributed by atoms with Crippen LogP contribution in [0.4, 0.5) is 5.69 Å². The summed E-state index contributed by atoms with van der Waals surface area (Å²) in [6.07, 6.45) is 2.83. The van der Waals surface area contributed by atoms with Crippen molar-refractivity contribution in [1.82, 2.24) is 14.8 Å². The van der Waals surface area contributed by atoms with Gasteiger partial charge in [0.15, 0.2) is 0 Å². The van der Waals surface area contributed by atoms with Gasteiger partial charge in [-0.25, -0.2) is 4.98 Å². The summed E-state index contributed by atoms with van der Waals surface area (Å²) in [5.74, 6) is -0.335. The molecule has 6 heteroatoms. The maximum absolute atomic E-state index is 12.1. The van der Waals surface area contributed by atoms with Gasteiger partial charge in [-0.1, -0.05) is 0 Å². The van der Waals surface area contributed by atoms with Gasteiger partial charge in [-0.2, -0.15) is 15.0 Å². The van der Waals surface area contributed by atoms with E-state index >= 15 is 0 Å². The molecule has 17 heavy (non-hydrogen) atoms. The fourth-order valence-corrected chi connectivity index (χ4v) is 1.37. The Hall–Kier alpha value is -2.68. The molecule has 84 valence electrons. The van der Waals surface area contributed by atoms with Crippen LogP contribution in [0, 0.1) is 18.3 Å². The lowest BCUT2D eigenvalue weighted by Crippen LogP contribution is -2.15. The molecule has 0 saturated carbocycles. The molecular weight excluding hydrogens is 218 g/mol. The molecule has 0 bridgehead atoms. The third kappa shape index (κ3) is 1.86. The SMILES string of the molecule is Cc1c(N)cnn1C(=O)c1ccnc(C#N)c1. The molecule has 2 aromatic heterocycles. The van der Waals surface area contributed by atoms with Gasteiger partial charge in [0.25, 0.3) is 5.91 Å². The minimum atomic E-state index is -0.335. The smallest absolute Gasteiger partial charge is 0.278 e. The van der Waals surface area contributed by atoms with Crippen LogP contribution in [0.5, 0.6) is 0 Å². The van der Waals surface area contributed by atoms with E-state index in [1.165, 1.54) is 29.2 Å². The van der Waals surface area contributed by atoms with Crippen LogP contribution in [0.25, 0.3) is 0 Å². The van der Waals surface area contributed by atoms with Gasteiger partial charge in [-0.05, 0) is 19.1 Å². The molecule has 2 aromatic rings. The molecule has 2 heterocycles. The number of carbonyl (C=O) groups is 1. The summed E-state index contributed by atoms with van der Waals surface area (Å²) in [4.78, 5) is 15.9. The van der Waals surface area contributed by atoms with Gasteiger partial charge < -0.3 is 5.73 Å². The van der Waals surface area contributed by atoms with Crippen molar-refractivity contribution in [2.75, 3.05) is 5.73 Å². The fourth-order valence-electron chi connectivity index (χ4n) is 1.37. The number of nitrogen functional groups attached to an aromatic ring is 1. The second-order valence-electron chi connectivity index (χ2n) is 3.44. The largest absolute Gasteiger partial charge is 0.396 e. The predicted molar refractivity (Wildman–Crippen MR) is 60.1 cm³/mol. The molecule has 2 rings (SSSR count). The number of hydrogen-bond donors (Lipinski definition) is 1. The summed E-state index contributed by atoms with van der Waals surface area (Å²) in [7, 11) is 0. The van der Waals surface area contributed by atoms with E-state index in [-0.39, 0.29) is 11.6 Å². The summed E-state index contributed by atoms with van der Waals surface area (Å²) in [5, 5.41) is 12.6. The number of aromatic nitrogens is 3. The highest BCUT2D eigenvalue weighted by Gasteiger charge is 2.14. The zero-order valence-corrected chi connectivity index (χ0v) is 9.08. The van der Waals surface area contributed by atoms with Crippen molar-refractivity contribution in [3.05, 3.63) is 41.5 Å². The summed E-state index contributed by atoms with van der Waals surface area (Å²) < 4.78 is 1.20. The molecule has 0 atom stereocenters. The van der Waals surface area contributed by atoms with Gasteiger partial charge >= 0.3 is 0 Å². The normalized spacial score (nSPS) is 9.88. The Kier molecular flexibility index (Phi) is 2.58. The lowest BCUT2D eigenvalue weighted by Gasteiger charge is -2.03. The third-order valence-electron chi connectivity index (χ3n) is 2.36. The van der Waals surface area contributed by atoms with Crippen molar-refractivity contribution in [1.29, 1.82) is 5.26 Å². The zero-order chi connectivity index (χ0) is 12.4. The molecule has 0 aliphatic heterocycles. The molecule has 0 spiro atoms. The van der Waals surface area contributed by atoms with Crippen LogP contribution in [0.3, 0.4) is 0 Å². The highest BCUT2D eigenvalue weighted by atomic mass is 16.2. The maximum Gasteiger partial charge on any atom is 0.278 e. The number of hydrogen-bond acceptors (Lipinski definition) is 5. The van der Waals surface area contributed by atoms with Crippen molar-refractivity contribution < 1.29 is 4.79 Å². The van der Waals surface area contributed by atoms with E-state index in [4.69, 9.17) is 11.0 Å². The lowest BCUT2D eigenvalue weighted by molar-refractivity contribution is 0.0942. The summed E-state index contributed by atoms with van der Waals surface area (Å²) in [6.45, 7) is 1.70. The Bertz CT molecular complexity index is 623. The lowest BCUT2D eigenvalue weighted by atomic mass is 10.2. The Labute approximate surface area is 97.3 Å². The molecule has 0 aromatic carbocycles. The van der Waals surface area contributed by atoms with Gasteiger partial charge in [0, 0.05) is 11.8 Å². The number of carbonyl (C=O) groups excluding carboxylic acids is 1. The molecule has 0 aliphatic carbocycles. The number of nitrogens with two attached hydrogens (primary N) is 1. The molecule has 0 amide bonds. The van der Waals surface area contributed by atoms with E-state index in [0.29, 0.717) is 16.9 Å². The zero-order valence-electron chi connectivity index (χ0n) is 9.08. The van der Waals surface area contributed by atoms with E-state index < -0.39 is 0 Å². The maximum atomic E-state index is 12.1. The van der Waals surface area contributed by atoms with Crippen molar-refractivity contribution in [2.45, 2.75) is 6.92 Å². The molecule has 6 nitrogen and oxygen atoms in total. The minimum Gasteiger partial charge on any atom is -0.396 e. The monoisotopic (exact) mass is 227 g/mol. The van der Waals surface area contributed by atoms with Gasteiger partial charge in [-0.3, -0.25) is 4.79 Å². The first kappa shape index (κ1) is 10.8. The molecule has 2 N–H and O–H groups in total. The average Bonchev–Trinajstić information content (AvgIpc) is 2.69. The summed E-state index contributed by atoms with van der Waals surface area (Å²) in [5.41, 5.74) is 7.18. The number of nitrogens with zero attached hydrogens (tertiary/aromatic N) is 4. The number of nitriles is 1. The van der Waals surface area contributed by atoms with Crippen LogP contribution in [-0.4, -0.2) is 20.7 Å². The summed E-state index contributed by atoms with van der Waals surface area (Å²) in [6, 6.07) is 4.82. The highest BCUT2D eigenvalue weighted by molar-refractivity contribution is 5.96. The quantitative estimate of drug-likeness (QED) is 0.774. The van der Waals surface area contributed by atoms with E-state index in [1.807, 2.05) is 6.07 Å². The highest BCUT2D eigenvalue weighted by Crippen LogP contribution is 2.11. The molecule has 0 unspecified atom stereocenters. The standard InChI is InChI=1S/C11H9N5O/c1-7-10(13)6-15-16(7)11(17)8-2-3-14-9(4-8)5-12/h2-4,6H,13H2,1H3. The van der Waals surface area contributed by atoms with Crippen LogP contribution < -0.4 is 5.73 Å². The van der Waals surface area contributed by atoms with E-state index in [9.17, 15) is 4.79 Å². The van der Waals surface area contributed by atoms with E-state index in [2.05, 4.69) is 10.1 Å². The predicted octanol–water partition coefficient (Wildman–Crippen LogP) is 0.729. The van der Waals surface area contributed by atoms with Gasteiger partial charge in [-0.15, -0.1) is 0 Å². The Morgan fingerprint density at radius 2 is 2.35 bits per heavy atom. The summed E-state index contributed by atoms with van der Waals surface area (Å²) >= 11 is 0. The first-order valence-electron chi connectivity index (χ1n) is 4.84. The van der Waals surface area contributed by atoms with Crippen molar-refractivity contribution in [3.63, 3.8) is 0 Å². The number of rotatable bonds is 1. The second kappa shape index (κ2) is 4.06. The second-order valence-corrected chi connectivity index (χ2v) is 3.44. The van der Waals surface area contributed by atoms with Crippen LogP contribution in [0.1, 0.15) is 21.7 Å². The van der Waals surface area contributed by atoms with Gasteiger partial charge in [0.05, 0.1) is 17.6 Å². The molecule has 0 saturated heterocycles. The molecular formula is C11H9N5O. The number of pyridine rings is 1. The minimum absolute atomic E-state index is 0.189. The molecule has 0 fully saturated rings. The number of anilines is 1. The first-order valence-corrected chi connectivity index (χ1v) is 4.84.